The van der Waals surface area contributed by atoms with E-state index in [1.165, 1.54) is 0 Å². The minimum atomic E-state index is 0.509. The van der Waals surface area contributed by atoms with E-state index in [1.807, 2.05) is 18.2 Å². The number of anilines is 1. The summed E-state index contributed by atoms with van der Waals surface area (Å²) in [5.74, 6) is 5.88. The van der Waals surface area contributed by atoms with Gasteiger partial charge in [0.15, 0.2) is 0 Å². The predicted octanol–water partition coefficient (Wildman–Crippen LogP) is 1.93. The van der Waals surface area contributed by atoms with E-state index in [-0.39, 0.29) is 0 Å². The van der Waals surface area contributed by atoms with Crippen LogP contribution in [0.3, 0.4) is 0 Å². The number of hydrazine groups is 1. The van der Waals surface area contributed by atoms with Crippen LogP contribution in [-0.4, -0.2) is 26.2 Å². The maximum absolute atomic E-state index is 5.37. The fourth-order valence-corrected chi connectivity index (χ4v) is 1.79. The normalized spacial score (nSPS) is 11.4. The van der Waals surface area contributed by atoms with E-state index in [1.54, 1.807) is 7.11 Å². The molecule has 0 fully saturated rings. The van der Waals surface area contributed by atoms with Gasteiger partial charge in [-0.05, 0) is 56.7 Å². The van der Waals surface area contributed by atoms with Gasteiger partial charge in [-0.1, -0.05) is 0 Å². The van der Waals surface area contributed by atoms with E-state index in [2.05, 4.69) is 54.3 Å². The van der Waals surface area contributed by atoms with Crippen molar-refractivity contribution in [3.63, 3.8) is 0 Å². The summed E-state index contributed by atoms with van der Waals surface area (Å²) in [5, 5.41) is 3.08. The van der Waals surface area contributed by atoms with E-state index >= 15 is 0 Å². The first-order valence-electron chi connectivity index (χ1n) is 4.89. The molecule has 0 aliphatic heterocycles. The number of aliphatic imine (C=N–C) groups is 1. The van der Waals surface area contributed by atoms with E-state index in [0.29, 0.717) is 19.1 Å². The largest absolute Gasteiger partial charge is 0.383 e. The van der Waals surface area contributed by atoms with Crippen LogP contribution < -0.4 is 16.6 Å². The van der Waals surface area contributed by atoms with Gasteiger partial charge in [-0.2, -0.15) is 0 Å². The Bertz CT molecular complexity index is 400. The topological polar surface area (TPSA) is 71.7 Å². The van der Waals surface area contributed by atoms with Gasteiger partial charge in [-0.3, -0.25) is 5.43 Å². The Balaban J connectivity index is 2.67. The highest BCUT2D eigenvalue weighted by Crippen LogP contribution is 2.22. The minimum absolute atomic E-state index is 0.509. The molecule has 94 valence electrons. The van der Waals surface area contributed by atoms with E-state index in [0.717, 1.165) is 13.7 Å². The molecule has 0 radical (unpaired) electrons. The van der Waals surface area contributed by atoms with Crippen molar-refractivity contribution < 1.29 is 4.74 Å². The van der Waals surface area contributed by atoms with Crippen molar-refractivity contribution in [1.82, 2.24) is 5.43 Å². The maximum atomic E-state index is 5.37. The molecule has 0 bridgehead atoms. The second kappa shape index (κ2) is 7.85. The molecule has 1 aromatic carbocycles. The molecule has 0 aromatic heterocycles. The summed E-state index contributed by atoms with van der Waals surface area (Å²) < 4.78 is 7.08. The lowest BCUT2D eigenvalue weighted by molar-refractivity contribution is 0.208. The number of nitrogens with two attached hydrogens (primary N) is 1. The minimum Gasteiger partial charge on any atom is -0.383 e. The first kappa shape index (κ1) is 14.7. The van der Waals surface area contributed by atoms with Crippen LogP contribution in [0.5, 0.6) is 0 Å². The predicted molar refractivity (Wildman–Crippen MR) is 82.0 cm³/mol. The molecule has 0 amide bonds. The average Bonchev–Trinajstić information content (AvgIpc) is 2.32. The van der Waals surface area contributed by atoms with Gasteiger partial charge in [0.05, 0.1) is 13.2 Å². The van der Waals surface area contributed by atoms with Crippen LogP contribution >= 0.6 is 38.5 Å². The van der Waals surface area contributed by atoms with Crippen LogP contribution in [0.25, 0.3) is 0 Å². The molecule has 0 aliphatic carbocycles. The quantitative estimate of drug-likeness (QED) is 0.176. The van der Waals surface area contributed by atoms with Crippen molar-refractivity contribution in [2.75, 3.05) is 25.6 Å². The number of benzene rings is 1. The Hall–Kier alpha value is -0.380. The molecule has 0 atom stereocenters. The van der Waals surface area contributed by atoms with Crippen molar-refractivity contribution in [3.05, 3.63) is 26.2 Å². The van der Waals surface area contributed by atoms with Crippen molar-refractivity contribution in [2.24, 2.45) is 10.8 Å². The Morgan fingerprint density at radius 2 is 2.35 bits per heavy atom. The molecule has 1 rings (SSSR count). The lowest BCUT2D eigenvalue weighted by Gasteiger charge is -2.10. The summed E-state index contributed by atoms with van der Waals surface area (Å²) >= 11 is 5.71. The Kier molecular flexibility index (Phi) is 6.78. The zero-order valence-electron chi connectivity index (χ0n) is 9.34. The number of rotatable bonds is 4. The highest BCUT2D eigenvalue weighted by Gasteiger charge is 2.01. The number of hydrogen-bond donors (Lipinski definition) is 3. The first-order valence-corrected chi connectivity index (χ1v) is 6.76. The fraction of sp³-hybridized carbons (Fsp3) is 0.300. The summed E-state index contributed by atoms with van der Waals surface area (Å²) in [5.41, 5.74) is 3.42. The zero-order valence-corrected chi connectivity index (χ0v) is 13.1. The Labute approximate surface area is 122 Å². The molecule has 0 aliphatic rings. The summed E-state index contributed by atoms with van der Waals surface area (Å²) in [6, 6.07) is 5.91. The number of ether oxygens (including phenoxy) is 1. The molecule has 0 unspecified atom stereocenters. The third-order valence-electron chi connectivity index (χ3n) is 1.88. The van der Waals surface area contributed by atoms with Crippen LogP contribution in [0.1, 0.15) is 0 Å². The standard InChI is InChI=1S/C10H14BrIN4O/c1-17-5-4-14-10(16-13)15-7-2-3-9(12)8(11)6-7/h2-3,6H,4-5,13H2,1H3,(H2,14,15,16). The van der Waals surface area contributed by atoms with Gasteiger partial charge in [0.1, 0.15) is 0 Å². The lowest BCUT2D eigenvalue weighted by atomic mass is 10.3. The average molecular weight is 413 g/mol. The van der Waals surface area contributed by atoms with Crippen LogP contribution in [0.2, 0.25) is 0 Å². The monoisotopic (exact) mass is 412 g/mol. The first-order chi connectivity index (χ1) is 8.17. The van der Waals surface area contributed by atoms with Crippen LogP contribution in [0, 0.1) is 3.57 Å². The van der Waals surface area contributed by atoms with Gasteiger partial charge < -0.3 is 10.1 Å². The molecular formula is C10H14BrIN4O. The Morgan fingerprint density at radius 3 is 2.94 bits per heavy atom. The van der Waals surface area contributed by atoms with Gasteiger partial charge in [0, 0.05) is 20.8 Å². The van der Waals surface area contributed by atoms with Crippen LogP contribution in [0.15, 0.2) is 27.7 Å². The van der Waals surface area contributed by atoms with Crippen LogP contribution in [-0.2, 0) is 4.74 Å². The highest BCUT2D eigenvalue weighted by atomic mass is 127. The summed E-state index contributed by atoms with van der Waals surface area (Å²) in [4.78, 5) is 4.21. The van der Waals surface area contributed by atoms with Crippen molar-refractivity contribution in [2.45, 2.75) is 0 Å². The van der Waals surface area contributed by atoms with Gasteiger partial charge >= 0.3 is 0 Å². The molecule has 0 saturated carbocycles. The molecule has 0 heterocycles. The number of nitrogens with one attached hydrogen (secondary N) is 2. The number of guanidine groups is 1. The SMILES string of the molecule is COCCN=C(NN)Nc1ccc(I)c(Br)c1. The van der Waals surface area contributed by atoms with Gasteiger partial charge in [-0.15, -0.1) is 0 Å². The van der Waals surface area contributed by atoms with Crippen molar-refractivity contribution in [1.29, 1.82) is 0 Å². The molecule has 4 N–H and O–H groups in total. The van der Waals surface area contributed by atoms with E-state index in [4.69, 9.17) is 10.6 Å². The van der Waals surface area contributed by atoms with Crippen LogP contribution in [0.4, 0.5) is 5.69 Å². The Morgan fingerprint density at radius 1 is 1.59 bits per heavy atom. The molecule has 7 heteroatoms. The molecular weight excluding hydrogens is 399 g/mol. The summed E-state index contributed by atoms with van der Waals surface area (Å²) in [7, 11) is 1.63. The van der Waals surface area contributed by atoms with Gasteiger partial charge in [-0.25, -0.2) is 10.8 Å². The molecule has 5 nitrogen and oxygen atoms in total. The van der Waals surface area contributed by atoms with Gasteiger partial charge in [0.25, 0.3) is 0 Å². The molecule has 0 spiro atoms. The third kappa shape index (κ3) is 5.19. The molecule has 1 aromatic rings. The lowest BCUT2D eigenvalue weighted by Crippen LogP contribution is -2.36. The van der Waals surface area contributed by atoms with Gasteiger partial charge in [0.2, 0.25) is 5.96 Å². The number of methoxy groups -OCH3 is 1. The van der Waals surface area contributed by atoms with Crippen molar-refractivity contribution in [3.8, 4) is 0 Å². The number of hydrogen-bond acceptors (Lipinski definition) is 3. The fourth-order valence-electron chi connectivity index (χ4n) is 1.08. The maximum Gasteiger partial charge on any atom is 0.210 e. The summed E-state index contributed by atoms with van der Waals surface area (Å²) in [6.45, 7) is 1.11. The highest BCUT2D eigenvalue weighted by molar-refractivity contribution is 14.1. The number of halogens is 2. The van der Waals surface area contributed by atoms with E-state index < -0.39 is 0 Å². The second-order valence-corrected chi connectivity index (χ2v) is 5.14. The molecule has 0 saturated heterocycles. The van der Waals surface area contributed by atoms with Crippen molar-refractivity contribution >= 4 is 50.2 Å². The van der Waals surface area contributed by atoms with E-state index in [9.17, 15) is 0 Å². The zero-order chi connectivity index (χ0) is 12.7. The summed E-state index contributed by atoms with van der Waals surface area (Å²) in [6.07, 6.45) is 0. The number of nitrogens with zero attached hydrogens (tertiary/aromatic N) is 1. The third-order valence-corrected chi connectivity index (χ3v) is 4.22. The smallest absolute Gasteiger partial charge is 0.210 e. The second-order valence-electron chi connectivity index (χ2n) is 3.12. The molecule has 17 heavy (non-hydrogen) atoms.